The normalized spacial score (nSPS) is 23.9. The van der Waals surface area contributed by atoms with Crippen molar-refractivity contribution in [2.24, 2.45) is 11.1 Å². The third-order valence-corrected chi connectivity index (χ3v) is 5.75. The highest BCUT2D eigenvalue weighted by Gasteiger charge is 2.40. The van der Waals surface area contributed by atoms with Crippen LogP contribution in [0.3, 0.4) is 0 Å². The second-order valence-electron chi connectivity index (χ2n) is 4.94. The molecule has 0 aliphatic heterocycles. The van der Waals surface area contributed by atoms with Gasteiger partial charge in [0.1, 0.15) is 0 Å². The fraction of sp³-hybridized carbons (Fsp3) is 0.846. The van der Waals surface area contributed by atoms with E-state index in [1.807, 2.05) is 25.6 Å². The minimum absolute atomic E-state index is 0.0194. The smallest absolute Gasteiger partial charge is 0.233 e. The van der Waals surface area contributed by atoms with Crippen molar-refractivity contribution in [3.05, 3.63) is 0 Å². The number of nitrogens with two attached hydrogens (primary N) is 1. The monoisotopic (exact) mass is 288 g/mol. The maximum atomic E-state index is 12.5. The van der Waals surface area contributed by atoms with Crippen LogP contribution in [0.4, 0.5) is 0 Å². The van der Waals surface area contributed by atoms with Gasteiger partial charge in [0.2, 0.25) is 5.91 Å². The summed E-state index contributed by atoms with van der Waals surface area (Å²) >= 11 is 6.95. The summed E-state index contributed by atoms with van der Waals surface area (Å²) in [6.45, 7) is 3.95. The Morgan fingerprint density at radius 2 is 2.06 bits per heavy atom. The summed E-state index contributed by atoms with van der Waals surface area (Å²) in [7, 11) is 0. The van der Waals surface area contributed by atoms with Crippen LogP contribution in [-0.2, 0) is 4.79 Å². The van der Waals surface area contributed by atoms with E-state index in [-0.39, 0.29) is 11.9 Å². The third-order valence-electron chi connectivity index (χ3n) is 4.19. The number of carbonyl (C=O) groups excluding carboxylic acids is 1. The van der Waals surface area contributed by atoms with Crippen molar-refractivity contribution in [3.8, 4) is 0 Å². The molecule has 0 aromatic carbocycles. The van der Waals surface area contributed by atoms with E-state index in [9.17, 15) is 4.79 Å². The molecule has 104 valence electrons. The maximum Gasteiger partial charge on any atom is 0.233 e. The van der Waals surface area contributed by atoms with Crippen molar-refractivity contribution in [3.63, 3.8) is 0 Å². The predicted molar refractivity (Wildman–Crippen MR) is 82.9 cm³/mol. The molecule has 0 aromatic heterocycles. The van der Waals surface area contributed by atoms with E-state index >= 15 is 0 Å². The Morgan fingerprint density at radius 3 is 2.50 bits per heavy atom. The summed E-state index contributed by atoms with van der Waals surface area (Å²) in [6, 6.07) is 0.277. The molecule has 3 N–H and O–H groups in total. The number of rotatable bonds is 6. The molecule has 5 heteroatoms. The molecular weight excluding hydrogens is 264 g/mol. The summed E-state index contributed by atoms with van der Waals surface area (Å²) in [4.78, 5) is 12.8. The lowest BCUT2D eigenvalue weighted by molar-refractivity contribution is -0.128. The summed E-state index contributed by atoms with van der Waals surface area (Å²) in [5, 5.41) is 3.71. The van der Waals surface area contributed by atoms with Gasteiger partial charge in [-0.05, 0) is 31.9 Å². The molecule has 0 saturated heterocycles. The zero-order valence-electron chi connectivity index (χ0n) is 11.5. The van der Waals surface area contributed by atoms with Crippen LogP contribution in [0.15, 0.2) is 0 Å². The van der Waals surface area contributed by atoms with Crippen molar-refractivity contribution in [1.82, 2.24) is 5.32 Å². The lowest BCUT2D eigenvalue weighted by atomic mass is 9.81. The first-order chi connectivity index (χ1) is 8.51. The van der Waals surface area contributed by atoms with Crippen LogP contribution in [0.5, 0.6) is 0 Å². The molecule has 1 aliphatic rings. The fourth-order valence-corrected chi connectivity index (χ4v) is 4.03. The first-order valence-corrected chi connectivity index (χ1v) is 8.35. The molecule has 1 fully saturated rings. The van der Waals surface area contributed by atoms with Gasteiger partial charge in [0.15, 0.2) is 0 Å². The van der Waals surface area contributed by atoms with Crippen molar-refractivity contribution in [1.29, 1.82) is 0 Å². The van der Waals surface area contributed by atoms with Crippen molar-refractivity contribution in [2.45, 2.75) is 57.2 Å². The number of amides is 1. The highest BCUT2D eigenvalue weighted by atomic mass is 32.2. The summed E-state index contributed by atoms with van der Waals surface area (Å²) in [5.74, 6) is 0.0194. The molecule has 3 nitrogen and oxygen atoms in total. The molecule has 18 heavy (non-hydrogen) atoms. The van der Waals surface area contributed by atoms with E-state index in [2.05, 4.69) is 11.6 Å². The van der Waals surface area contributed by atoms with Crippen molar-refractivity contribution >= 4 is 34.9 Å². The quantitative estimate of drug-likeness (QED) is 0.737. The van der Waals surface area contributed by atoms with E-state index < -0.39 is 5.41 Å². The van der Waals surface area contributed by atoms with E-state index in [0.29, 0.717) is 23.1 Å². The SMILES string of the molecule is CCC(CC)(C(=O)NC1CCCC1SC)C(N)=S. The van der Waals surface area contributed by atoms with Crippen LogP contribution in [0, 0.1) is 5.41 Å². The first-order valence-electron chi connectivity index (χ1n) is 6.65. The lowest BCUT2D eigenvalue weighted by Crippen LogP contribution is -2.52. The molecule has 2 unspecified atom stereocenters. The van der Waals surface area contributed by atoms with Crippen LogP contribution in [0.2, 0.25) is 0 Å². The van der Waals surface area contributed by atoms with Crippen molar-refractivity contribution in [2.75, 3.05) is 6.26 Å². The standard InChI is InChI=1S/C13H24N2OS2/c1-4-13(5-2,11(14)17)12(16)15-9-7-6-8-10(9)18-3/h9-10H,4-8H2,1-3H3,(H2,14,17)(H,15,16). The van der Waals surface area contributed by atoms with Gasteiger partial charge in [0.25, 0.3) is 0 Å². The molecule has 1 saturated carbocycles. The number of nitrogens with one attached hydrogen (secondary N) is 1. The molecule has 1 aliphatic carbocycles. The predicted octanol–water partition coefficient (Wildman–Crippen LogP) is 2.48. The van der Waals surface area contributed by atoms with E-state index in [0.717, 1.165) is 6.42 Å². The lowest BCUT2D eigenvalue weighted by Gasteiger charge is -2.31. The van der Waals surface area contributed by atoms with Gasteiger partial charge in [-0.15, -0.1) is 0 Å². The molecule has 2 atom stereocenters. The average Bonchev–Trinajstić information content (AvgIpc) is 2.78. The maximum absolute atomic E-state index is 12.5. The molecule has 1 amide bonds. The molecule has 0 bridgehead atoms. The van der Waals surface area contributed by atoms with Gasteiger partial charge in [-0.25, -0.2) is 0 Å². The third kappa shape index (κ3) is 2.99. The minimum atomic E-state index is -0.666. The van der Waals surface area contributed by atoms with Crippen LogP contribution >= 0.6 is 24.0 Å². The van der Waals surface area contributed by atoms with E-state index in [4.69, 9.17) is 18.0 Å². The Kier molecular flexibility index (Phi) is 5.92. The molecule has 1 rings (SSSR count). The van der Waals surface area contributed by atoms with Gasteiger partial charge < -0.3 is 11.1 Å². The van der Waals surface area contributed by atoms with E-state index in [1.165, 1.54) is 12.8 Å². The average molecular weight is 288 g/mol. The van der Waals surface area contributed by atoms with E-state index in [1.54, 1.807) is 0 Å². The van der Waals surface area contributed by atoms with Gasteiger partial charge >= 0.3 is 0 Å². The Bertz CT molecular complexity index is 316. The Balaban J connectivity index is 2.76. The topological polar surface area (TPSA) is 55.1 Å². The van der Waals surface area contributed by atoms with Gasteiger partial charge in [-0.1, -0.05) is 32.5 Å². The molecular formula is C13H24N2OS2. The molecule has 0 heterocycles. The summed E-state index contributed by atoms with van der Waals surface area (Å²) in [5.41, 5.74) is 5.13. The van der Waals surface area contributed by atoms with Crippen LogP contribution < -0.4 is 11.1 Å². The molecule has 0 spiro atoms. The second kappa shape index (κ2) is 6.75. The molecule has 0 aromatic rings. The number of hydrogen-bond acceptors (Lipinski definition) is 3. The van der Waals surface area contributed by atoms with Gasteiger partial charge in [-0.2, -0.15) is 11.8 Å². The Morgan fingerprint density at radius 1 is 1.44 bits per heavy atom. The number of thiocarbonyl (C=S) groups is 1. The van der Waals surface area contributed by atoms with Gasteiger partial charge in [-0.3, -0.25) is 4.79 Å². The Hall–Kier alpha value is -0.290. The van der Waals surface area contributed by atoms with Crippen LogP contribution in [0.1, 0.15) is 46.0 Å². The van der Waals surface area contributed by atoms with Gasteiger partial charge in [0, 0.05) is 11.3 Å². The highest BCUT2D eigenvalue weighted by Crippen LogP contribution is 2.31. The molecule has 0 radical (unpaired) electrons. The minimum Gasteiger partial charge on any atom is -0.392 e. The highest BCUT2D eigenvalue weighted by molar-refractivity contribution is 7.99. The first kappa shape index (κ1) is 15.8. The zero-order chi connectivity index (χ0) is 13.8. The fourth-order valence-electron chi connectivity index (χ4n) is 2.71. The number of carbonyl (C=O) groups is 1. The number of thioether (sulfide) groups is 1. The number of hydrogen-bond donors (Lipinski definition) is 2. The summed E-state index contributed by atoms with van der Waals surface area (Å²) in [6.07, 6.45) is 6.88. The summed E-state index contributed by atoms with van der Waals surface area (Å²) < 4.78 is 0. The van der Waals surface area contributed by atoms with Gasteiger partial charge in [0.05, 0.1) is 10.4 Å². The van der Waals surface area contributed by atoms with Crippen molar-refractivity contribution < 1.29 is 4.79 Å². The van der Waals surface area contributed by atoms with Crippen LogP contribution in [-0.4, -0.2) is 28.4 Å². The second-order valence-corrected chi connectivity index (χ2v) is 6.46. The van der Waals surface area contributed by atoms with Crippen LogP contribution in [0.25, 0.3) is 0 Å². The Labute approximate surface area is 120 Å². The largest absolute Gasteiger partial charge is 0.392 e. The zero-order valence-corrected chi connectivity index (χ0v) is 13.1.